The number of hydrogen-bond donors (Lipinski definition) is 1. The number of anilines is 1. The predicted molar refractivity (Wildman–Crippen MR) is 154 cm³/mol. The second kappa shape index (κ2) is 9.05. The van der Waals surface area contributed by atoms with E-state index in [1.165, 1.54) is 25.3 Å². The van der Waals surface area contributed by atoms with Crippen molar-refractivity contribution >= 4 is 34.1 Å². The fourth-order valence-corrected chi connectivity index (χ4v) is 7.13. The van der Waals surface area contributed by atoms with E-state index in [0.29, 0.717) is 34.4 Å². The van der Waals surface area contributed by atoms with Gasteiger partial charge >= 0.3 is 0 Å². The van der Waals surface area contributed by atoms with Gasteiger partial charge < -0.3 is 4.74 Å². The van der Waals surface area contributed by atoms with Crippen molar-refractivity contribution in [2.24, 2.45) is 17.8 Å². The van der Waals surface area contributed by atoms with Crippen LogP contribution in [0, 0.1) is 27.9 Å². The Morgan fingerprint density at radius 3 is 2.50 bits per heavy atom. The van der Waals surface area contributed by atoms with Gasteiger partial charge in [-0.15, -0.1) is 0 Å². The van der Waals surface area contributed by atoms with Crippen molar-refractivity contribution in [1.29, 1.82) is 0 Å². The van der Waals surface area contributed by atoms with Gasteiger partial charge in [0, 0.05) is 23.7 Å². The highest BCUT2D eigenvalue weighted by Crippen LogP contribution is 2.57. The zero-order valence-corrected chi connectivity index (χ0v) is 23.1. The fourth-order valence-electron chi connectivity index (χ4n) is 7.13. The van der Waals surface area contributed by atoms with Gasteiger partial charge in [0.1, 0.15) is 22.8 Å². The summed E-state index contributed by atoms with van der Waals surface area (Å²) in [4.78, 5) is 60.0. The SMILES string of the molecule is COc1ccc([N+](=O)[O-])cc1N1C(=O)[C@H]2[C@@H](CC(C)C)N[C@@]3(c4ccccc4-n4c3nc3ccccc3c4=O)[C@H]2C1=O. The molecule has 0 unspecified atom stereocenters. The Morgan fingerprint density at radius 1 is 1.02 bits per heavy atom. The first-order valence-electron chi connectivity index (χ1n) is 13.8. The number of imide groups is 1. The van der Waals surface area contributed by atoms with Gasteiger partial charge in [-0.1, -0.05) is 44.2 Å². The number of nitro benzene ring substituents is 1. The Balaban J connectivity index is 1.51. The minimum absolute atomic E-state index is 0.0182. The average Bonchev–Trinajstić information content (AvgIpc) is 3.55. The van der Waals surface area contributed by atoms with Gasteiger partial charge in [0.05, 0.1) is 40.5 Å². The zero-order valence-electron chi connectivity index (χ0n) is 23.1. The van der Waals surface area contributed by atoms with Crippen LogP contribution in [0.3, 0.4) is 0 Å². The molecule has 3 aromatic carbocycles. The third kappa shape index (κ3) is 3.31. The maximum Gasteiger partial charge on any atom is 0.271 e. The van der Waals surface area contributed by atoms with Crippen LogP contribution in [0.25, 0.3) is 16.6 Å². The first-order valence-corrected chi connectivity index (χ1v) is 13.8. The van der Waals surface area contributed by atoms with Crippen LogP contribution in [0.2, 0.25) is 0 Å². The molecule has 3 aliphatic rings. The molecule has 11 nitrogen and oxygen atoms in total. The van der Waals surface area contributed by atoms with Gasteiger partial charge in [0.2, 0.25) is 11.8 Å². The Labute approximate surface area is 239 Å². The lowest BCUT2D eigenvalue weighted by Gasteiger charge is -2.32. The van der Waals surface area contributed by atoms with Gasteiger partial charge in [-0.05, 0) is 36.6 Å². The molecule has 0 aliphatic carbocycles. The van der Waals surface area contributed by atoms with E-state index in [4.69, 9.17) is 9.72 Å². The molecule has 2 saturated heterocycles. The molecule has 1 aromatic heterocycles. The van der Waals surface area contributed by atoms with Crippen LogP contribution in [0.15, 0.2) is 71.5 Å². The van der Waals surface area contributed by atoms with E-state index in [1.54, 1.807) is 28.8 Å². The molecule has 42 heavy (non-hydrogen) atoms. The average molecular weight is 566 g/mol. The van der Waals surface area contributed by atoms with Crippen molar-refractivity contribution in [3.63, 3.8) is 0 Å². The second-order valence-electron chi connectivity index (χ2n) is 11.4. The first kappa shape index (κ1) is 26.0. The molecule has 2 fully saturated rings. The number of rotatable bonds is 5. The topological polar surface area (TPSA) is 137 Å². The maximum atomic E-state index is 14.6. The molecule has 0 radical (unpaired) electrons. The summed E-state index contributed by atoms with van der Waals surface area (Å²) in [6.07, 6.45) is 0.571. The fraction of sp³-hybridized carbons (Fsp3) is 0.290. The van der Waals surface area contributed by atoms with Crippen molar-refractivity contribution in [1.82, 2.24) is 14.9 Å². The van der Waals surface area contributed by atoms with E-state index in [9.17, 15) is 24.5 Å². The van der Waals surface area contributed by atoms with E-state index in [-0.39, 0.29) is 28.6 Å². The monoisotopic (exact) mass is 565 g/mol. The number of para-hydroxylation sites is 2. The van der Waals surface area contributed by atoms with Crippen molar-refractivity contribution in [3.05, 3.63) is 98.6 Å². The largest absolute Gasteiger partial charge is 0.495 e. The Morgan fingerprint density at radius 2 is 1.76 bits per heavy atom. The number of fused-ring (bicyclic) bond motifs is 8. The minimum atomic E-state index is -1.29. The number of amides is 2. The molecule has 2 amide bonds. The lowest BCUT2D eigenvalue weighted by atomic mass is 9.75. The van der Waals surface area contributed by atoms with Crippen LogP contribution in [0.1, 0.15) is 31.7 Å². The molecule has 0 saturated carbocycles. The number of nitrogens with one attached hydrogen (secondary N) is 1. The van der Waals surface area contributed by atoms with E-state index in [2.05, 4.69) is 5.32 Å². The Kier molecular flexibility index (Phi) is 5.61. The summed E-state index contributed by atoms with van der Waals surface area (Å²) < 4.78 is 7.00. The van der Waals surface area contributed by atoms with Gasteiger partial charge in [-0.25, -0.2) is 9.88 Å². The van der Waals surface area contributed by atoms with Crippen molar-refractivity contribution in [3.8, 4) is 11.4 Å². The Hall–Kier alpha value is -4.90. The van der Waals surface area contributed by atoms with E-state index in [0.717, 1.165) is 4.90 Å². The summed E-state index contributed by atoms with van der Waals surface area (Å²) in [5.74, 6) is -2.11. The van der Waals surface area contributed by atoms with Crippen LogP contribution in [-0.4, -0.2) is 39.4 Å². The number of nitro groups is 1. The molecule has 0 bridgehead atoms. The maximum absolute atomic E-state index is 14.6. The van der Waals surface area contributed by atoms with Crippen LogP contribution in [-0.2, 0) is 15.1 Å². The number of carbonyl (C=O) groups excluding carboxylic acids is 2. The van der Waals surface area contributed by atoms with Gasteiger partial charge in [0.15, 0.2) is 0 Å². The third-order valence-corrected chi connectivity index (χ3v) is 8.70. The van der Waals surface area contributed by atoms with Gasteiger partial charge in [0.25, 0.3) is 11.2 Å². The summed E-state index contributed by atoms with van der Waals surface area (Å²) in [5, 5.41) is 15.8. The molecular weight excluding hydrogens is 538 g/mol. The molecule has 3 aliphatic heterocycles. The lowest BCUT2D eigenvalue weighted by molar-refractivity contribution is -0.384. The number of carbonyl (C=O) groups is 2. The molecule has 4 atom stereocenters. The van der Waals surface area contributed by atoms with Crippen molar-refractivity contribution in [2.45, 2.75) is 31.8 Å². The molecule has 4 heterocycles. The van der Waals surface area contributed by atoms with Crippen molar-refractivity contribution < 1.29 is 19.2 Å². The van der Waals surface area contributed by atoms with E-state index >= 15 is 0 Å². The quantitative estimate of drug-likeness (QED) is 0.220. The summed E-state index contributed by atoms with van der Waals surface area (Å²) in [6, 6.07) is 17.8. The minimum Gasteiger partial charge on any atom is -0.495 e. The van der Waals surface area contributed by atoms with Gasteiger partial charge in [-0.3, -0.25) is 34.4 Å². The predicted octanol–water partition coefficient (Wildman–Crippen LogP) is 3.68. The van der Waals surface area contributed by atoms with Crippen LogP contribution >= 0.6 is 0 Å². The zero-order chi connectivity index (χ0) is 29.5. The van der Waals surface area contributed by atoms with Crippen LogP contribution < -0.4 is 20.5 Å². The highest BCUT2D eigenvalue weighted by atomic mass is 16.6. The number of non-ortho nitro benzene ring substituents is 1. The number of benzene rings is 3. The van der Waals surface area contributed by atoms with E-state index < -0.39 is 40.2 Å². The molecule has 1 spiro atoms. The number of methoxy groups -OCH3 is 1. The summed E-state index contributed by atoms with van der Waals surface area (Å²) >= 11 is 0. The van der Waals surface area contributed by atoms with Crippen molar-refractivity contribution in [2.75, 3.05) is 12.0 Å². The Bertz CT molecular complexity index is 1900. The number of ether oxygens (including phenoxy) is 1. The summed E-state index contributed by atoms with van der Waals surface area (Å²) in [6.45, 7) is 4.08. The molecular formula is C31H27N5O6. The van der Waals surface area contributed by atoms with Crippen LogP contribution in [0.5, 0.6) is 5.75 Å². The summed E-state index contributed by atoms with van der Waals surface area (Å²) in [5.41, 5.74) is -0.0467. The normalized spacial score (nSPS) is 24.0. The molecule has 11 heteroatoms. The third-order valence-electron chi connectivity index (χ3n) is 8.70. The standard InChI is InChI=1S/C31H27N5O6/c1-16(2)14-21-25-26(29(39)34(28(25)38)23-15-17(36(40)41)12-13-24(23)42-3)31(33-21)19-9-5-7-11-22(19)35-27(37)18-8-4-6-10-20(18)32-30(31)35/h4-13,15-16,21,25-26,33H,14H2,1-3H3/t21-,25+,26-,31+/m1/s1. The summed E-state index contributed by atoms with van der Waals surface area (Å²) in [7, 11) is 1.38. The number of nitrogens with zero attached hydrogens (tertiary/aromatic N) is 4. The highest BCUT2D eigenvalue weighted by molar-refractivity contribution is 6.24. The van der Waals surface area contributed by atoms with Gasteiger partial charge in [-0.2, -0.15) is 0 Å². The number of aromatic nitrogens is 2. The number of hydrogen-bond acceptors (Lipinski definition) is 8. The first-order chi connectivity index (χ1) is 20.2. The molecule has 1 N–H and O–H groups in total. The highest BCUT2D eigenvalue weighted by Gasteiger charge is 2.70. The molecule has 4 aromatic rings. The second-order valence-corrected chi connectivity index (χ2v) is 11.4. The lowest BCUT2D eigenvalue weighted by Crippen LogP contribution is -2.50. The van der Waals surface area contributed by atoms with Crippen LogP contribution in [0.4, 0.5) is 11.4 Å². The smallest absolute Gasteiger partial charge is 0.271 e. The van der Waals surface area contributed by atoms with E-state index in [1.807, 2.05) is 38.1 Å². The molecule has 7 rings (SSSR count). The molecule has 212 valence electrons.